The van der Waals surface area contributed by atoms with Crippen molar-refractivity contribution in [1.29, 1.82) is 1.43 Å². The monoisotopic (exact) mass is 592 g/mol. The lowest BCUT2D eigenvalue weighted by atomic mass is 10.1. The Hall–Kier alpha value is -1.95. The lowest BCUT2D eigenvalue weighted by Crippen LogP contribution is -2.46. The molecule has 13 nitrogen and oxygen atoms in total. The summed E-state index contributed by atoms with van der Waals surface area (Å²) in [5.41, 5.74) is -1.24. The van der Waals surface area contributed by atoms with Crippen LogP contribution in [0.1, 0.15) is 49.1 Å². The van der Waals surface area contributed by atoms with Crippen molar-refractivity contribution in [2.45, 2.75) is 84.4 Å². The molecular formula is C24H40N5O8PS. The van der Waals surface area contributed by atoms with Crippen LogP contribution >= 0.6 is 20.7 Å². The van der Waals surface area contributed by atoms with Crippen LogP contribution in [-0.4, -0.2) is 101 Å². The molecule has 3 rings (SSSR count). The van der Waals surface area contributed by atoms with Crippen LogP contribution in [0, 0.1) is 6.57 Å². The molecule has 0 saturated carbocycles. The van der Waals surface area contributed by atoms with Gasteiger partial charge in [-0.3, -0.25) is 19.2 Å². The molecule has 2 aliphatic heterocycles. The van der Waals surface area contributed by atoms with E-state index in [1.54, 1.807) is 6.92 Å². The van der Waals surface area contributed by atoms with Gasteiger partial charge < -0.3 is 28.7 Å². The summed E-state index contributed by atoms with van der Waals surface area (Å²) in [5.74, 6) is 0. The first-order valence-corrected chi connectivity index (χ1v) is 14.1. The van der Waals surface area contributed by atoms with Crippen molar-refractivity contribution in [3.05, 3.63) is 44.5 Å². The van der Waals surface area contributed by atoms with Crippen LogP contribution in [0.2, 0.25) is 0 Å². The van der Waals surface area contributed by atoms with Gasteiger partial charge in [-0.15, -0.1) is 0 Å². The first-order valence-electron chi connectivity index (χ1n) is 13.7. The summed E-state index contributed by atoms with van der Waals surface area (Å²) < 4.78 is 47.5. The van der Waals surface area contributed by atoms with Crippen LogP contribution in [0.15, 0.2) is 21.9 Å². The zero-order valence-corrected chi connectivity index (χ0v) is 24.9. The van der Waals surface area contributed by atoms with Crippen molar-refractivity contribution in [2.75, 3.05) is 33.4 Å². The molecule has 0 amide bonds. The summed E-state index contributed by atoms with van der Waals surface area (Å²) in [6, 6.07) is 1.24. The lowest BCUT2D eigenvalue weighted by molar-refractivity contribution is -0.0364. The molecule has 0 radical (unpaired) electrons. The summed E-state index contributed by atoms with van der Waals surface area (Å²) in [6.45, 7) is 18.9. The van der Waals surface area contributed by atoms with Gasteiger partial charge in [-0.25, -0.2) is 20.6 Å². The second-order valence-electron chi connectivity index (χ2n) is 9.24. The van der Waals surface area contributed by atoms with E-state index in [1.165, 1.54) is 23.9 Å². The molecule has 0 aliphatic carbocycles. The maximum absolute atomic E-state index is 12.7. The molecule has 1 aromatic rings. The fraction of sp³-hybridized carbons (Fsp3) is 0.750. The topological polar surface area (TPSA) is 132 Å². The third kappa shape index (κ3) is 8.77. The maximum atomic E-state index is 12.7. The van der Waals surface area contributed by atoms with Crippen LogP contribution in [0.4, 0.5) is 0 Å². The number of aromatic amines is 1. The summed E-state index contributed by atoms with van der Waals surface area (Å²) in [6.07, 6.45) is -3.14. The number of hydrogen-bond acceptors (Lipinski definition) is 10. The molecular weight excluding hydrogens is 549 g/mol. The summed E-state index contributed by atoms with van der Waals surface area (Å²) >= 11 is 5.60. The van der Waals surface area contributed by atoms with Gasteiger partial charge in [0.05, 0.1) is 19.3 Å². The Morgan fingerprint density at radius 2 is 1.97 bits per heavy atom. The van der Waals surface area contributed by atoms with Crippen LogP contribution < -0.4 is 11.2 Å². The first kappa shape index (κ1) is 30.0. The van der Waals surface area contributed by atoms with Crippen LogP contribution in [-0.2, 0) is 23.3 Å². The molecule has 2 aliphatic rings. The quantitative estimate of drug-likeness (QED) is 0.248. The number of ether oxygens (including phenoxy) is 3. The van der Waals surface area contributed by atoms with E-state index < -0.39 is 50.5 Å². The molecule has 0 bridgehead atoms. The van der Waals surface area contributed by atoms with Gasteiger partial charge in [-0.1, -0.05) is 0 Å². The predicted octanol–water partition coefficient (Wildman–Crippen LogP) is 2.08. The Morgan fingerprint density at radius 1 is 1.33 bits per heavy atom. The number of morpholine rings is 1. The molecule has 15 heteroatoms. The Bertz CT molecular complexity index is 1110. The van der Waals surface area contributed by atoms with E-state index in [9.17, 15) is 9.59 Å². The number of H-pyrrole nitrogens is 1. The van der Waals surface area contributed by atoms with Crippen molar-refractivity contribution < 1.29 is 29.7 Å². The minimum Gasteiger partial charge on any atom is -0.460 e. The number of aliphatic hydroxyl groups excluding tert-OH is 1. The smallest absolute Gasteiger partial charge is 0.330 e. The van der Waals surface area contributed by atoms with Crippen LogP contribution in [0.5, 0.6) is 0 Å². The molecule has 1 aromatic heterocycles. The Labute approximate surface area is 238 Å². The van der Waals surface area contributed by atoms with Crippen molar-refractivity contribution in [1.82, 2.24) is 19.1 Å². The zero-order valence-electron chi connectivity index (χ0n) is 25.1. The van der Waals surface area contributed by atoms with Crippen molar-refractivity contribution >= 4 is 25.9 Å². The van der Waals surface area contributed by atoms with Crippen molar-refractivity contribution in [3.63, 3.8) is 0 Å². The normalized spacial score (nSPS) is 25.4. The number of thiocarbonyl (C=S) groups is 1. The van der Waals surface area contributed by atoms with Crippen LogP contribution in [0.3, 0.4) is 0 Å². The predicted molar refractivity (Wildman–Crippen MR) is 150 cm³/mol. The molecule has 2 fully saturated rings. The largest absolute Gasteiger partial charge is 0.460 e. The molecule has 2 saturated heterocycles. The number of rotatable bonds is 9. The van der Waals surface area contributed by atoms with Gasteiger partial charge >= 0.3 is 11.9 Å². The number of nitrogens with zero attached hydrogens (tertiary/aromatic N) is 4. The Kier molecular flexibility index (Phi) is 12.1. The average molecular weight is 593 g/mol. The minimum absolute atomic E-state index is 0.0160. The maximum Gasteiger partial charge on any atom is 0.330 e. The Balaban J connectivity index is 0.00000187. The van der Waals surface area contributed by atoms with Gasteiger partial charge in [-0.2, -0.15) is 0 Å². The first-order chi connectivity index (χ1) is 19.5. The SMILES string of the molecule is [2H]C[C@H]1O[C@@H](n2ccc(=O)[nH]c2=O)[C@@H](OC(=S)N2CCOCC2)C1OP(OC(C)[N+]#[C-])N(C(C)C)C(C)C.[3H]OC. The third-order valence-electron chi connectivity index (χ3n) is 5.80. The molecule has 6 atom stereocenters. The van der Waals surface area contributed by atoms with E-state index >= 15 is 0 Å². The van der Waals surface area contributed by atoms with Gasteiger partial charge in [-0.05, 0) is 46.8 Å². The third-order valence-corrected chi connectivity index (χ3v) is 8.36. The number of aromatic nitrogens is 2. The van der Waals surface area contributed by atoms with Gasteiger partial charge in [0.15, 0.2) is 12.3 Å². The number of aliphatic hydroxyl groups is 1. The lowest BCUT2D eigenvalue weighted by Gasteiger charge is -2.38. The van der Waals surface area contributed by atoms with E-state index in [-0.39, 0.29) is 24.2 Å². The van der Waals surface area contributed by atoms with Gasteiger partial charge in [0.1, 0.15) is 6.10 Å². The fourth-order valence-electron chi connectivity index (χ4n) is 4.11. The molecule has 3 unspecified atom stereocenters. The highest BCUT2D eigenvalue weighted by Crippen LogP contribution is 2.51. The molecule has 2 N–H and O–H groups in total. The number of nitrogens with one attached hydrogen (secondary N) is 1. The average Bonchev–Trinajstić information content (AvgIpc) is 3.25. The highest BCUT2D eigenvalue weighted by molar-refractivity contribution is 7.80. The second-order valence-corrected chi connectivity index (χ2v) is 10.9. The molecule has 0 spiro atoms. The van der Waals surface area contributed by atoms with E-state index in [4.69, 9.17) is 44.9 Å². The highest BCUT2D eigenvalue weighted by Gasteiger charge is 2.50. The molecule has 3 heterocycles. The Morgan fingerprint density at radius 3 is 2.51 bits per heavy atom. The van der Waals surface area contributed by atoms with Crippen molar-refractivity contribution in [3.8, 4) is 0 Å². The van der Waals surface area contributed by atoms with E-state index in [2.05, 4.69) is 14.9 Å². The summed E-state index contributed by atoms with van der Waals surface area (Å²) in [7, 11) is -0.513. The van der Waals surface area contributed by atoms with Gasteiger partial charge in [0, 0.05) is 52.8 Å². The second kappa shape index (κ2) is 15.7. The summed E-state index contributed by atoms with van der Waals surface area (Å²) in [4.78, 5) is 32.0. The fourth-order valence-corrected chi connectivity index (χ4v) is 6.20. The standard InChI is InChI=1S/C23H36N5O7PS.CH4O/c1-14(2)28(15(3)4)36(34-17(6)24-7)35-19-16(5)32-21(27-9-8-18(29)25-22(27)30)20(19)33-23(37)26-10-12-31-13-11-26;1-2/h8-9,14-17,19-21H,10-13H2,1-6H3,(H,25,29,30);2H,1H3/t16-,17?,19?,20+,21-,36?;/m1./s1/i5D;2T. The van der Waals surface area contributed by atoms with Gasteiger partial charge in [0.2, 0.25) is 1.43 Å². The molecule has 0 aromatic carbocycles. The van der Waals surface area contributed by atoms with E-state index in [1.807, 2.05) is 37.3 Å². The zero-order chi connectivity index (χ0) is 30.7. The van der Waals surface area contributed by atoms with E-state index in [0.717, 1.165) is 0 Å². The van der Waals surface area contributed by atoms with Crippen molar-refractivity contribution in [2.24, 2.45) is 0 Å². The number of hydrogen-bond donors (Lipinski definition) is 2. The summed E-state index contributed by atoms with van der Waals surface area (Å²) in [5, 5.41) is 3.69. The molecule has 39 heavy (non-hydrogen) atoms. The van der Waals surface area contributed by atoms with Gasteiger partial charge in [0.25, 0.3) is 19.3 Å². The highest BCUT2D eigenvalue weighted by atomic mass is 32.1. The van der Waals surface area contributed by atoms with Crippen LogP contribution in [0.25, 0.3) is 4.85 Å². The van der Waals surface area contributed by atoms with E-state index in [0.29, 0.717) is 26.3 Å². The molecule has 220 valence electrons. The minimum atomic E-state index is -1.80.